The van der Waals surface area contributed by atoms with Crippen molar-refractivity contribution in [3.05, 3.63) is 0 Å². The van der Waals surface area contributed by atoms with Crippen LogP contribution >= 0.6 is 0 Å². The third-order valence-corrected chi connectivity index (χ3v) is 3.81. The van der Waals surface area contributed by atoms with Crippen LogP contribution in [0.3, 0.4) is 0 Å². The molecule has 7 heteroatoms. The zero-order valence-corrected chi connectivity index (χ0v) is 16.0. The Balaban J connectivity index is 2.72. The average molecular weight is 339 g/mol. The molecule has 24 heavy (non-hydrogen) atoms. The molecule has 2 N–H and O–H groups in total. The summed E-state index contributed by atoms with van der Waals surface area (Å²) in [6.07, 6.45) is 4.61. The Morgan fingerprint density at radius 2 is 1.71 bits per heavy atom. The zero-order valence-electron chi connectivity index (χ0n) is 16.0. The molecule has 0 radical (unpaired) electrons. The van der Waals surface area contributed by atoms with Crippen molar-refractivity contribution in [1.82, 2.24) is 20.4 Å². The van der Waals surface area contributed by atoms with Gasteiger partial charge in [-0.2, -0.15) is 0 Å². The molecule has 0 bridgehead atoms. The molecule has 0 aromatic carbocycles. The molecule has 1 fully saturated rings. The minimum absolute atomic E-state index is 0.0618. The van der Waals surface area contributed by atoms with Crippen molar-refractivity contribution in [2.45, 2.75) is 58.0 Å². The van der Waals surface area contributed by atoms with Gasteiger partial charge in [0.05, 0.1) is 6.54 Å². The van der Waals surface area contributed by atoms with Crippen LogP contribution in [0, 0.1) is 0 Å². The molecule has 2 amide bonds. The van der Waals surface area contributed by atoms with Crippen LogP contribution in [0.2, 0.25) is 0 Å². The molecule has 0 aromatic heterocycles. The van der Waals surface area contributed by atoms with E-state index in [4.69, 9.17) is 0 Å². The van der Waals surface area contributed by atoms with E-state index in [1.54, 1.807) is 19.0 Å². The number of carbonyl (C=O) groups excluding carboxylic acids is 2. The summed E-state index contributed by atoms with van der Waals surface area (Å²) in [4.78, 5) is 31.7. The SMILES string of the molecule is CN(C)C(=O)CN=C(NC1CCCC1)N(C)CC(=O)NC(C)(C)C. The molecule has 0 aliphatic heterocycles. The van der Waals surface area contributed by atoms with Crippen molar-refractivity contribution in [3.63, 3.8) is 0 Å². The first kappa shape index (κ1) is 20.3. The second kappa shape index (κ2) is 8.89. The summed E-state index contributed by atoms with van der Waals surface area (Å²) in [5.41, 5.74) is -0.269. The molecule has 0 spiro atoms. The fourth-order valence-corrected chi connectivity index (χ4v) is 2.56. The number of aliphatic imine (C=N–C) groups is 1. The van der Waals surface area contributed by atoms with Crippen molar-refractivity contribution in [2.24, 2.45) is 4.99 Å². The molecule has 1 saturated carbocycles. The van der Waals surface area contributed by atoms with E-state index >= 15 is 0 Å². The Kier molecular flexibility index (Phi) is 7.51. The molecule has 0 atom stereocenters. The fraction of sp³-hybridized carbons (Fsp3) is 0.824. The number of rotatable bonds is 5. The largest absolute Gasteiger partial charge is 0.353 e. The van der Waals surface area contributed by atoms with Crippen LogP contribution in [-0.2, 0) is 9.59 Å². The number of likely N-dealkylation sites (N-methyl/N-ethyl adjacent to an activating group) is 2. The lowest BCUT2D eigenvalue weighted by Crippen LogP contribution is -2.50. The van der Waals surface area contributed by atoms with Crippen LogP contribution in [-0.4, -0.2) is 73.4 Å². The van der Waals surface area contributed by atoms with E-state index < -0.39 is 0 Å². The Morgan fingerprint density at radius 1 is 1.12 bits per heavy atom. The van der Waals surface area contributed by atoms with E-state index in [1.807, 2.05) is 27.8 Å². The van der Waals surface area contributed by atoms with Gasteiger partial charge in [-0.25, -0.2) is 4.99 Å². The van der Waals surface area contributed by atoms with Gasteiger partial charge in [0.2, 0.25) is 11.8 Å². The Morgan fingerprint density at radius 3 is 2.21 bits per heavy atom. The normalized spacial score (nSPS) is 16.0. The summed E-state index contributed by atoms with van der Waals surface area (Å²) in [6.45, 7) is 6.13. The molecule has 0 heterocycles. The third-order valence-electron chi connectivity index (χ3n) is 3.81. The average Bonchev–Trinajstić information content (AvgIpc) is 2.93. The molecule has 0 saturated heterocycles. The molecule has 1 aliphatic carbocycles. The molecule has 7 nitrogen and oxygen atoms in total. The molecule has 0 unspecified atom stereocenters. The maximum Gasteiger partial charge on any atom is 0.243 e. The summed E-state index contributed by atoms with van der Waals surface area (Å²) in [6, 6.07) is 0.367. The van der Waals surface area contributed by atoms with Gasteiger partial charge in [-0.3, -0.25) is 9.59 Å². The minimum atomic E-state index is -0.269. The Hall–Kier alpha value is -1.79. The Bertz CT molecular complexity index is 462. The highest BCUT2D eigenvalue weighted by Crippen LogP contribution is 2.17. The van der Waals surface area contributed by atoms with E-state index in [0.29, 0.717) is 12.0 Å². The minimum Gasteiger partial charge on any atom is -0.353 e. The van der Waals surface area contributed by atoms with Gasteiger partial charge in [0.25, 0.3) is 0 Å². The predicted octanol–water partition coefficient (Wildman–Crippen LogP) is 0.809. The van der Waals surface area contributed by atoms with Gasteiger partial charge in [0, 0.05) is 32.7 Å². The van der Waals surface area contributed by atoms with Gasteiger partial charge >= 0.3 is 0 Å². The zero-order chi connectivity index (χ0) is 18.3. The Labute approximate surface area is 145 Å². The smallest absolute Gasteiger partial charge is 0.243 e. The summed E-state index contributed by atoms with van der Waals surface area (Å²) in [7, 11) is 5.24. The second-order valence-electron chi connectivity index (χ2n) is 7.71. The topological polar surface area (TPSA) is 77.0 Å². The monoisotopic (exact) mass is 339 g/mol. The van der Waals surface area contributed by atoms with Gasteiger partial charge in [0.15, 0.2) is 5.96 Å². The molecule has 138 valence electrons. The maximum absolute atomic E-state index is 12.1. The van der Waals surface area contributed by atoms with E-state index in [2.05, 4.69) is 15.6 Å². The van der Waals surface area contributed by atoms with Crippen LogP contribution in [0.25, 0.3) is 0 Å². The first-order chi connectivity index (χ1) is 11.1. The first-order valence-electron chi connectivity index (χ1n) is 8.62. The predicted molar refractivity (Wildman–Crippen MR) is 96.9 cm³/mol. The van der Waals surface area contributed by atoms with Crippen LogP contribution in [0.5, 0.6) is 0 Å². The highest BCUT2D eigenvalue weighted by molar-refractivity contribution is 5.88. The standard InChI is InChI=1S/C17H33N5O2/c1-17(2,3)20-14(23)12-22(6)16(18-11-15(24)21(4)5)19-13-9-7-8-10-13/h13H,7-12H2,1-6H3,(H,18,19)(H,20,23). The van der Waals surface area contributed by atoms with Crippen LogP contribution < -0.4 is 10.6 Å². The lowest BCUT2D eigenvalue weighted by molar-refractivity contribution is -0.127. The molecular weight excluding hydrogens is 306 g/mol. The number of guanidine groups is 1. The molecule has 0 aromatic rings. The van der Waals surface area contributed by atoms with Crippen molar-refractivity contribution < 1.29 is 9.59 Å². The molecular formula is C17H33N5O2. The van der Waals surface area contributed by atoms with Gasteiger partial charge in [-0.1, -0.05) is 12.8 Å². The van der Waals surface area contributed by atoms with Gasteiger partial charge < -0.3 is 20.4 Å². The van der Waals surface area contributed by atoms with Gasteiger partial charge in [0.1, 0.15) is 6.54 Å². The number of hydrogen-bond donors (Lipinski definition) is 2. The van der Waals surface area contributed by atoms with Crippen molar-refractivity contribution >= 4 is 17.8 Å². The van der Waals surface area contributed by atoms with Gasteiger partial charge in [-0.15, -0.1) is 0 Å². The van der Waals surface area contributed by atoms with E-state index in [9.17, 15) is 9.59 Å². The molecule has 1 rings (SSSR count). The number of nitrogens with zero attached hydrogens (tertiary/aromatic N) is 3. The second-order valence-corrected chi connectivity index (χ2v) is 7.71. The van der Waals surface area contributed by atoms with Gasteiger partial charge in [-0.05, 0) is 33.6 Å². The number of amides is 2. The highest BCUT2D eigenvalue weighted by atomic mass is 16.2. The number of nitrogens with one attached hydrogen (secondary N) is 2. The van der Waals surface area contributed by atoms with E-state index in [-0.39, 0.29) is 30.4 Å². The van der Waals surface area contributed by atoms with Crippen molar-refractivity contribution in [1.29, 1.82) is 0 Å². The quantitative estimate of drug-likeness (QED) is 0.574. The van der Waals surface area contributed by atoms with Crippen molar-refractivity contribution in [3.8, 4) is 0 Å². The number of carbonyl (C=O) groups is 2. The van der Waals surface area contributed by atoms with Crippen molar-refractivity contribution in [2.75, 3.05) is 34.2 Å². The lowest BCUT2D eigenvalue weighted by Gasteiger charge is -2.27. The van der Waals surface area contributed by atoms with E-state index in [1.165, 1.54) is 17.7 Å². The lowest BCUT2D eigenvalue weighted by atomic mass is 10.1. The first-order valence-corrected chi connectivity index (χ1v) is 8.62. The third kappa shape index (κ3) is 7.66. The van der Waals surface area contributed by atoms with Crippen LogP contribution in [0.1, 0.15) is 46.5 Å². The summed E-state index contributed by atoms with van der Waals surface area (Å²) in [5.74, 6) is 0.485. The fourth-order valence-electron chi connectivity index (χ4n) is 2.56. The summed E-state index contributed by atoms with van der Waals surface area (Å²) in [5, 5.41) is 6.35. The summed E-state index contributed by atoms with van der Waals surface area (Å²) >= 11 is 0. The van der Waals surface area contributed by atoms with Crippen LogP contribution in [0.4, 0.5) is 0 Å². The van der Waals surface area contributed by atoms with Crippen LogP contribution in [0.15, 0.2) is 4.99 Å². The maximum atomic E-state index is 12.1. The van der Waals surface area contributed by atoms with E-state index in [0.717, 1.165) is 12.8 Å². The number of hydrogen-bond acceptors (Lipinski definition) is 3. The highest BCUT2D eigenvalue weighted by Gasteiger charge is 2.21. The summed E-state index contributed by atoms with van der Waals surface area (Å²) < 4.78 is 0. The molecule has 1 aliphatic rings.